The van der Waals surface area contributed by atoms with Gasteiger partial charge < -0.3 is 5.32 Å². The van der Waals surface area contributed by atoms with E-state index in [0.29, 0.717) is 0 Å². The Balaban J connectivity index is 2.10. The van der Waals surface area contributed by atoms with Crippen molar-refractivity contribution in [3.05, 3.63) is 56.0 Å². The topological polar surface area (TPSA) is 64.0 Å². The fourth-order valence-electron chi connectivity index (χ4n) is 1.57. The summed E-state index contributed by atoms with van der Waals surface area (Å²) in [6, 6.07) is 8.91. The highest BCUT2D eigenvalue weighted by atomic mass is 127. The fraction of sp³-hybridized carbons (Fsp3) is 0.154. The van der Waals surface area contributed by atoms with Crippen LogP contribution in [0.3, 0.4) is 0 Å². The van der Waals surface area contributed by atoms with E-state index in [4.69, 9.17) is 0 Å². The van der Waals surface area contributed by atoms with Crippen molar-refractivity contribution in [3.8, 4) is 0 Å². The summed E-state index contributed by atoms with van der Waals surface area (Å²) in [5, 5.41) is 6.68. The Morgan fingerprint density at radius 2 is 2.16 bits per heavy atom. The number of hydrogen-bond acceptors (Lipinski definition) is 3. The van der Waals surface area contributed by atoms with E-state index in [9.17, 15) is 9.59 Å². The van der Waals surface area contributed by atoms with Crippen LogP contribution in [0.25, 0.3) is 0 Å². The van der Waals surface area contributed by atoms with Gasteiger partial charge in [-0.3, -0.25) is 9.59 Å². The van der Waals surface area contributed by atoms with Gasteiger partial charge in [-0.05, 0) is 41.1 Å². The Kier molecular flexibility index (Phi) is 4.31. The summed E-state index contributed by atoms with van der Waals surface area (Å²) in [5.41, 5.74) is 1.43. The van der Waals surface area contributed by atoms with Crippen molar-refractivity contribution in [3.63, 3.8) is 0 Å². The molecule has 98 valence electrons. The van der Waals surface area contributed by atoms with Gasteiger partial charge in [0.25, 0.3) is 5.56 Å². The summed E-state index contributed by atoms with van der Waals surface area (Å²) in [5.74, 6) is -0.273. The lowest BCUT2D eigenvalue weighted by Gasteiger charge is -2.08. The third kappa shape index (κ3) is 3.63. The van der Waals surface area contributed by atoms with E-state index in [1.807, 2.05) is 53.8 Å². The van der Waals surface area contributed by atoms with Crippen molar-refractivity contribution in [2.45, 2.75) is 13.5 Å². The lowest BCUT2D eigenvalue weighted by atomic mass is 10.2. The number of nitrogens with one attached hydrogen (secondary N) is 1. The maximum absolute atomic E-state index is 11.9. The third-order valence-electron chi connectivity index (χ3n) is 2.55. The Labute approximate surface area is 123 Å². The molecule has 1 heterocycles. The van der Waals surface area contributed by atoms with E-state index >= 15 is 0 Å². The van der Waals surface area contributed by atoms with Gasteiger partial charge in [0.1, 0.15) is 6.54 Å². The molecule has 0 radical (unpaired) electrons. The summed E-state index contributed by atoms with van der Waals surface area (Å²) >= 11 is 2.00. The maximum Gasteiger partial charge on any atom is 0.268 e. The van der Waals surface area contributed by atoms with Gasteiger partial charge in [0.05, 0.1) is 6.20 Å². The number of rotatable bonds is 3. The predicted octanol–water partition coefficient (Wildman–Crippen LogP) is 1.80. The van der Waals surface area contributed by atoms with E-state index in [1.165, 1.54) is 6.07 Å². The van der Waals surface area contributed by atoms with E-state index < -0.39 is 0 Å². The summed E-state index contributed by atoms with van der Waals surface area (Å²) in [4.78, 5) is 23.5. The number of carbonyl (C=O) groups excluding carboxylic acids is 1. The molecule has 0 aliphatic carbocycles. The molecule has 19 heavy (non-hydrogen) atoms. The van der Waals surface area contributed by atoms with Gasteiger partial charge in [-0.2, -0.15) is 5.10 Å². The first kappa shape index (κ1) is 13.7. The van der Waals surface area contributed by atoms with Crippen LogP contribution in [0.2, 0.25) is 0 Å². The van der Waals surface area contributed by atoms with Crippen molar-refractivity contribution in [2.24, 2.45) is 0 Å². The standard InChI is InChI=1S/C13H12IN3O2/c1-9-4-2-3-5-11(9)16-12(18)8-17-13(19)6-10(14)7-15-17/h2-7H,8H2,1H3,(H,16,18). The molecule has 0 unspecified atom stereocenters. The van der Waals surface area contributed by atoms with Crippen molar-refractivity contribution in [1.82, 2.24) is 9.78 Å². The molecule has 0 fully saturated rings. The minimum absolute atomic E-state index is 0.0932. The lowest BCUT2D eigenvalue weighted by molar-refractivity contribution is -0.117. The second-order valence-corrected chi connectivity index (χ2v) is 5.28. The molecule has 0 aliphatic heterocycles. The van der Waals surface area contributed by atoms with Gasteiger partial charge in [-0.25, -0.2) is 4.68 Å². The van der Waals surface area contributed by atoms with Crippen LogP contribution in [-0.2, 0) is 11.3 Å². The number of nitrogens with zero attached hydrogens (tertiary/aromatic N) is 2. The highest BCUT2D eigenvalue weighted by Crippen LogP contribution is 2.12. The molecule has 1 aromatic carbocycles. The number of carbonyl (C=O) groups is 1. The van der Waals surface area contributed by atoms with Gasteiger partial charge in [-0.15, -0.1) is 0 Å². The summed E-state index contributed by atoms with van der Waals surface area (Å²) in [7, 11) is 0. The normalized spacial score (nSPS) is 10.2. The number of benzene rings is 1. The Morgan fingerprint density at radius 3 is 2.84 bits per heavy atom. The molecule has 0 atom stereocenters. The van der Waals surface area contributed by atoms with Crippen LogP contribution in [0, 0.1) is 10.5 Å². The maximum atomic E-state index is 11.9. The van der Waals surface area contributed by atoms with Gasteiger partial charge >= 0.3 is 0 Å². The highest BCUT2D eigenvalue weighted by molar-refractivity contribution is 14.1. The molecule has 0 aliphatic rings. The first-order valence-corrected chi connectivity index (χ1v) is 6.72. The highest BCUT2D eigenvalue weighted by Gasteiger charge is 2.07. The fourth-order valence-corrected chi connectivity index (χ4v) is 1.96. The number of halogens is 1. The lowest BCUT2D eigenvalue weighted by Crippen LogP contribution is -2.29. The zero-order valence-corrected chi connectivity index (χ0v) is 12.4. The molecule has 5 nitrogen and oxygen atoms in total. The quantitative estimate of drug-likeness (QED) is 0.840. The number of para-hydroxylation sites is 1. The molecule has 1 N–H and O–H groups in total. The van der Waals surface area contributed by atoms with Crippen LogP contribution >= 0.6 is 22.6 Å². The van der Waals surface area contributed by atoms with Crippen molar-refractivity contribution < 1.29 is 4.79 Å². The molecule has 2 rings (SSSR count). The molecule has 0 saturated carbocycles. The number of hydrogen-bond donors (Lipinski definition) is 1. The molecule has 1 amide bonds. The van der Waals surface area contributed by atoms with E-state index in [2.05, 4.69) is 10.4 Å². The third-order valence-corrected chi connectivity index (χ3v) is 3.14. The van der Waals surface area contributed by atoms with E-state index in [1.54, 1.807) is 6.20 Å². The van der Waals surface area contributed by atoms with Gasteiger partial charge in [0.2, 0.25) is 5.91 Å². The first-order chi connectivity index (χ1) is 9.06. The molecule has 2 aromatic rings. The second kappa shape index (κ2) is 5.96. The van der Waals surface area contributed by atoms with E-state index in [-0.39, 0.29) is 18.0 Å². The number of aryl methyl sites for hydroxylation is 1. The monoisotopic (exact) mass is 369 g/mol. The average molecular weight is 369 g/mol. The summed E-state index contributed by atoms with van der Waals surface area (Å²) in [6.45, 7) is 1.81. The number of aromatic nitrogens is 2. The smallest absolute Gasteiger partial charge is 0.268 e. The Morgan fingerprint density at radius 1 is 1.42 bits per heavy atom. The number of anilines is 1. The SMILES string of the molecule is Cc1ccccc1NC(=O)Cn1ncc(I)cc1=O. The van der Waals surface area contributed by atoms with Gasteiger partial charge in [0, 0.05) is 15.3 Å². The molecule has 6 heteroatoms. The van der Waals surface area contributed by atoms with Crippen molar-refractivity contribution in [2.75, 3.05) is 5.32 Å². The minimum atomic E-state index is -0.285. The van der Waals surface area contributed by atoms with E-state index in [0.717, 1.165) is 19.5 Å². The Hall–Kier alpha value is -1.70. The number of amides is 1. The van der Waals surface area contributed by atoms with Crippen LogP contribution in [0.5, 0.6) is 0 Å². The van der Waals surface area contributed by atoms with Crippen LogP contribution in [0.4, 0.5) is 5.69 Å². The zero-order valence-electron chi connectivity index (χ0n) is 10.3. The molecule has 1 aromatic heterocycles. The molecule has 0 bridgehead atoms. The molecule has 0 spiro atoms. The van der Waals surface area contributed by atoms with Crippen molar-refractivity contribution >= 4 is 34.2 Å². The van der Waals surface area contributed by atoms with Crippen LogP contribution in [0.15, 0.2) is 41.3 Å². The van der Waals surface area contributed by atoms with Crippen LogP contribution < -0.4 is 10.9 Å². The molecule has 0 saturated heterocycles. The minimum Gasteiger partial charge on any atom is -0.324 e. The predicted molar refractivity (Wildman–Crippen MR) is 81.0 cm³/mol. The van der Waals surface area contributed by atoms with Gasteiger partial charge in [0.15, 0.2) is 0 Å². The molecular formula is C13H12IN3O2. The van der Waals surface area contributed by atoms with Crippen LogP contribution in [0.1, 0.15) is 5.56 Å². The van der Waals surface area contributed by atoms with Crippen molar-refractivity contribution in [1.29, 1.82) is 0 Å². The first-order valence-electron chi connectivity index (χ1n) is 5.64. The average Bonchev–Trinajstić information content (AvgIpc) is 2.36. The molecular weight excluding hydrogens is 357 g/mol. The summed E-state index contributed by atoms with van der Waals surface area (Å²) < 4.78 is 1.88. The van der Waals surface area contributed by atoms with Gasteiger partial charge in [-0.1, -0.05) is 18.2 Å². The summed E-state index contributed by atoms with van der Waals surface area (Å²) in [6.07, 6.45) is 1.54. The Bertz CT molecular complexity index is 667. The largest absolute Gasteiger partial charge is 0.324 e. The zero-order chi connectivity index (χ0) is 13.8. The van der Waals surface area contributed by atoms with Crippen LogP contribution in [-0.4, -0.2) is 15.7 Å². The second-order valence-electron chi connectivity index (χ2n) is 4.03.